The summed E-state index contributed by atoms with van der Waals surface area (Å²) in [5.41, 5.74) is -1.17. The highest BCUT2D eigenvalue weighted by molar-refractivity contribution is 5.86. The summed E-state index contributed by atoms with van der Waals surface area (Å²) in [5.74, 6) is -3.45. The van der Waals surface area contributed by atoms with Gasteiger partial charge in [0.1, 0.15) is 6.54 Å². The summed E-state index contributed by atoms with van der Waals surface area (Å²) in [4.78, 5) is 38.8. The van der Waals surface area contributed by atoms with Crippen molar-refractivity contribution in [1.82, 2.24) is 14.8 Å². The van der Waals surface area contributed by atoms with Crippen LogP contribution >= 0.6 is 0 Å². The topological polar surface area (TPSA) is 80.6 Å². The van der Waals surface area contributed by atoms with E-state index in [0.717, 1.165) is 0 Å². The number of carbonyl (C=O) groups is 2. The number of ether oxygens (including phenoxy) is 1. The first-order valence-corrected chi connectivity index (χ1v) is 8.99. The number of likely N-dealkylation sites (tertiary alicyclic amines) is 1. The van der Waals surface area contributed by atoms with Crippen LogP contribution in [-0.2, 0) is 20.9 Å². The monoisotopic (exact) mass is 381 g/mol. The van der Waals surface area contributed by atoms with E-state index in [2.05, 4.69) is 5.32 Å². The maximum Gasteiger partial charge on any atom is 0.252 e. The van der Waals surface area contributed by atoms with Crippen LogP contribution in [0.4, 0.5) is 8.78 Å². The zero-order chi connectivity index (χ0) is 19.2. The molecule has 1 aromatic rings. The molecule has 0 bridgehead atoms. The maximum absolute atomic E-state index is 13.0. The Morgan fingerprint density at radius 1 is 1.30 bits per heavy atom. The van der Waals surface area contributed by atoms with Crippen molar-refractivity contribution in [2.24, 2.45) is 11.3 Å². The predicted molar refractivity (Wildman–Crippen MR) is 90.1 cm³/mol. The highest BCUT2D eigenvalue weighted by Gasteiger charge is 2.58. The van der Waals surface area contributed by atoms with Gasteiger partial charge in [0.15, 0.2) is 0 Å². The fourth-order valence-corrected chi connectivity index (χ4v) is 4.18. The van der Waals surface area contributed by atoms with Crippen molar-refractivity contribution in [2.45, 2.75) is 31.4 Å². The molecule has 9 heteroatoms. The van der Waals surface area contributed by atoms with Gasteiger partial charge in [-0.2, -0.15) is 0 Å². The van der Waals surface area contributed by atoms with Crippen LogP contribution in [-0.4, -0.2) is 59.5 Å². The molecular formula is C18H21F2N3O4. The van der Waals surface area contributed by atoms with Crippen LogP contribution in [0.2, 0.25) is 0 Å². The van der Waals surface area contributed by atoms with Gasteiger partial charge in [0.2, 0.25) is 11.8 Å². The zero-order valence-electron chi connectivity index (χ0n) is 14.7. The van der Waals surface area contributed by atoms with Crippen LogP contribution in [0, 0.1) is 11.3 Å². The Morgan fingerprint density at radius 3 is 2.78 bits per heavy atom. The molecule has 7 nitrogen and oxygen atoms in total. The summed E-state index contributed by atoms with van der Waals surface area (Å²) in [7, 11) is 0. The molecule has 0 radical (unpaired) electrons. The number of pyridine rings is 1. The number of fused-ring (bicyclic) bond motifs is 1. The number of hydrogen-bond donors (Lipinski definition) is 1. The van der Waals surface area contributed by atoms with Crippen molar-refractivity contribution >= 4 is 11.8 Å². The van der Waals surface area contributed by atoms with Gasteiger partial charge in [-0.25, -0.2) is 8.78 Å². The molecule has 0 unspecified atom stereocenters. The molecule has 146 valence electrons. The van der Waals surface area contributed by atoms with E-state index in [1.165, 1.54) is 10.6 Å². The minimum absolute atomic E-state index is 0.0974. The number of amides is 2. The Balaban J connectivity index is 1.43. The predicted octanol–water partition coefficient (Wildman–Crippen LogP) is 0.237. The minimum atomic E-state index is -2.71. The van der Waals surface area contributed by atoms with Gasteiger partial charge in [-0.1, -0.05) is 6.07 Å². The van der Waals surface area contributed by atoms with Crippen molar-refractivity contribution in [2.75, 3.05) is 26.3 Å². The fraction of sp³-hybridized carbons (Fsp3) is 0.611. The van der Waals surface area contributed by atoms with Crippen molar-refractivity contribution in [3.8, 4) is 0 Å². The molecule has 0 spiro atoms. The van der Waals surface area contributed by atoms with Crippen molar-refractivity contribution < 1.29 is 23.1 Å². The lowest BCUT2D eigenvalue weighted by molar-refractivity contribution is -0.139. The molecule has 1 aromatic heterocycles. The summed E-state index contributed by atoms with van der Waals surface area (Å²) in [6.07, 6.45) is 0.847. The minimum Gasteiger partial charge on any atom is -0.380 e. The van der Waals surface area contributed by atoms with Crippen LogP contribution in [0.5, 0.6) is 0 Å². The standard InChI is InChI=1S/C18H21F2N3O4/c19-18(20)5-13(6-18)21-16(26)17-10-23(7-12(17)9-27-11-17)15(25)8-22-4-2-1-3-14(22)24/h1-4,12-13H,5-11H2,(H,21,26)/t12-,17-/m1/s1. The number of nitrogens with one attached hydrogen (secondary N) is 1. The van der Waals surface area contributed by atoms with E-state index in [9.17, 15) is 23.2 Å². The highest BCUT2D eigenvalue weighted by atomic mass is 19.3. The molecule has 2 atom stereocenters. The zero-order valence-corrected chi connectivity index (χ0v) is 14.7. The summed E-state index contributed by atoms with van der Waals surface area (Å²) in [6.45, 7) is 0.951. The molecule has 1 saturated carbocycles. The number of hydrogen-bond acceptors (Lipinski definition) is 4. The first-order chi connectivity index (χ1) is 12.8. The summed E-state index contributed by atoms with van der Waals surface area (Å²) in [6, 6.07) is 4.12. The van der Waals surface area contributed by atoms with Gasteiger partial charge in [-0.15, -0.1) is 0 Å². The first-order valence-electron chi connectivity index (χ1n) is 8.99. The van der Waals surface area contributed by atoms with E-state index in [1.54, 1.807) is 23.2 Å². The normalized spacial score (nSPS) is 29.3. The molecule has 2 saturated heterocycles. The lowest BCUT2D eigenvalue weighted by Gasteiger charge is -2.37. The molecule has 2 aliphatic heterocycles. The third-order valence-electron chi connectivity index (χ3n) is 5.81. The maximum atomic E-state index is 13.0. The van der Waals surface area contributed by atoms with E-state index in [4.69, 9.17) is 4.74 Å². The number of halogens is 2. The van der Waals surface area contributed by atoms with E-state index in [0.29, 0.717) is 13.2 Å². The van der Waals surface area contributed by atoms with Gasteiger partial charge >= 0.3 is 0 Å². The second-order valence-corrected chi connectivity index (χ2v) is 7.74. The Kier molecular flexibility index (Phi) is 4.29. The number of nitrogens with zero attached hydrogens (tertiary/aromatic N) is 2. The molecule has 27 heavy (non-hydrogen) atoms. The number of aromatic nitrogens is 1. The van der Waals surface area contributed by atoms with Gasteiger partial charge in [0, 0.05) is 50.2 Å². The lowest BCUT2D eigenvalue weighted by Crippen LogP contribution is -2.56. The Labute approximate surface area is 154 Å². The van der Waals surface area contributed by atoms with Crippen LogP contribution in [0.1, 0.15) is 12.8 Å². The van der Waals surface area contributed by atoms with Gasteiger partial charge in [0.25, 0.3) is 11.5 Å². The number of rotatable bonds is 4. The summed E-state index contributed by atoms with van der Waals surface area (Å²) >= 11 is 0. The average Bonchev–Trinajstić information content (AvgIpc) is 3.13. The molecular weight excluding hydrogens is 360 g/mol. The van der Waals surface area contributed by atoms with Gasteiger partial charge in [0.05, 0.1) is 18.6 Å². The van der Waals surface area contributed by atoms with E-state index < -0.39 is 17.4 Å². The smallest absolute Gasteiger partial charge is 0.252 e. The average molecular weight is 381 g/mol. The molecule has 1 N–H and O–H groups in total. The molecule has 2 amide bonds. The number of alkyl halides is 2. The van der Waals surface area contributed by atoms with Crippen LogP contribution in [0.3, 0.4) is 0 Å². The molecule has 3 fully saturated rings. The van der Waals surface area contributed by atoms with E-state index in [-0.39, 0.29) is 55.8 Å². The Morgan fingerprint density at radius 2 is 2.07 bits per heavy atom. The fourth-order valence-electron chi connectivity index (χ4n) is 4.18. The van der Waals surface area contributed by atoms with Crippen LogP contribution in [0.25, 0.3) is 0 Å². The molecule has 3 heterocycles. The SMILES string of the molecule is O=C(Cn1ccccc1=O)N1C[C@@H]2COC[C@]2(C(=O)NC2CC(F)(F)C2)C1. The summed E-state index contributed by atoms with van der Waals surface area (Å²) < 4.78 is 32.9. The van der Waals surface area contributed by atoms with E-state index >= 15 is 0 Å². The number of carbonyl (C=O) groups excluding carboxylic acids is 2. The second kappa shape index (κ2) is 6.40. The van der Waals surface area contributed by atoms with Crippen molar-refractivity contribution in [3.63, 3.8) is 0 Å². The van der Waals surface area contributed by atoms with E-state index in [1.807, 2.05) is 0 Å². The highest BCUT2D eigenvalue weighted by Crippen LogP contribution is 2.43. The second-order valence-electron chi connectivity index (χ2n) is 7.74. The third-order valence-corrected chi connectivity index (χ3v) is 5.81. The Bertz CT molecular complexity index is 819. The van der Waals surface area contributed by atoms with Crippen LogP contribution < -0.4 is 10.9 Å². The third kappa shape index (κ3) is 3.24. The molecule has 4 rings (SSSR count). The molecule has 1 aliphatic carbocycles. The van der Waals surface area contributed by atoms with Gasteiger partial charge in [-0.3, -0.25) is 14.4 Å². The van der Waals surface area contributed by atoms with Crippen molar-refractivity contribution in [1.29, 1.82) is 0 Å². The lowest BCUT2D eigenvalue weighted by atomic mass is 9.79. The first kappa shape index (κ1) is 18.1. The van der Waals surface area contributed by atoms with Gasteiger partial charge < -0.3 is 19.5 Å². The van der Waals surface area contributed by atoms with Crippen molar-refractivity contribution in [3.05, 3.63) is 34.7 Å². The largest absolute Gasteiger partial charge is 0.380 e. The Hall–Kier alpha value is -2.29. The summed E-state index contributed by atoms with van der Waals surface area (Å²) in [5, 5.41) is 2.70. The van der Waals surface area contributed by atoms with Gasteiger partial charge in [-0.05, 0) is 6.07 Å². The quantitative estimate of drug-likeness (QED) is 0.810. The molecule has 0 aromatic carbocycles. The van der Waals surface area contributed by atoms with Crippen LogP contribution in [0.15, 0.2) is 29.2 Å². The molecule has 3 aliphatic rings.